The lowest BCUT2D eigenvalue weighted by molar-refractivity contribution is -0.887. The molecule has 65 heavy (non-hydrogen) atoms. The number of nitrogens with zero attached hydrogens (tertiary/aromatic N) is 1. The maximum atomic E-state index is 12.8. The Kier molecular flexibility index (Phi) is 45.3. The summed E-state index contributed by atoms with van der Waals surface area (Å²) in [5, 5.41) is 9.66. The van der Waals surface area contributed by atoms with Crippen LogP contribution in [0.5, 0.6) is 0 Å². The fraction of sp³-hybridized carbons (Fsp3) is 0.772. The van der Waals surface area contributed by atoms with E-state index < -0.39 is 18.1 Å². The van der Waals surface area contributed by atoms with E-state index in [9.17, 15) is 19.5 Å². The zero-order chi connectivity index (χ0) is 47.7. The van der Waals surface area contributed by atoms with Crippen molar-refractivity contribution in [3.8, 4) is 0 Å². The van der Waals surface area contributed by atoms with Crippen molar-refractivity contribution in [3.05, 3.63) is 60.8 Å². The van der Waals surface area contributed by atoms with Gasteiger partial charge in [0.2, 0.25) is 0 Å². The Hall–Kier alpha value is -2.97. The molecule has 0 rings (SSSR count). The molecule has 2 atom stereocenters. The van der Waals surface area contributed by atoms with Crippen LogP contribution in [0.15, 0.2) is 60.8 Å². The number of rotatable bonds is 48. The van der Waals surface area contributed by atoms with Gasteiger partial charge in [0, 0.05) is 19.3 Å². The smallest absolute Gasteiger partial charge is 0.362 e. The predicted molar refractivity (Wildman–Crippen MR) is 275 cm³/mol. The number of hydrogen-bond acceptors (Lipinski definition) is 6. The first-order valence-electron chi connectivity index (χ1n) is 26.8. The standard InChI is InChI=1S/C57H101NO7/c1-6-8-10-12-14-16-18-20-22-24-26-27-28-30-31-33-35-37-39-41-43-45-47-55(59)64-52-53(51-63-50-49-54(57(61)62)58(3,4)5)65-56(60)48-46-44-42-40-38-36-34-32-29-25-23-21-19-17-15-13-11-9-7-2/h8,10,14,16,20,22,26-27,30-31,53-54H,6-7,9,11-13,15,17-19,21,23-25,28-29,32-52H2,1-5H3/p+1/b10-8+,16-14+,22-20+,27-26+,31-30+. The van der Waals surface area contributed by atoms with Crippen molar-refractivity contribution in [2.75, 3.05) is 41.0 Å². The van der Waals surface area contributed by atoms with Crippen LogP contribution < -0.4 is 0 Å². The number of likely N-dealkylation sites (N-methyl/N-ethyl adjacent to an activating group) is 1. The molecule has 0 bridgehead atoms. The van der Waals surface area contributed by atoms with E-state index in [1.54, 1.807) is 0 Å². The largest absolute Gasteiger partial charge is 0.477 e. The van der Waals surface area contributed by atoms with Crippen LogP contribution in [-0.4, -0.2) is 80.6 Å². The first-order valence-corrected chi connectivity index (χ1v) is 26.8. The highest BCUT2D eigenvalue weighted by molar-refractivity contribution is 5.72. The molecule has 0 radical (unpaired) electrons. The zero-order valence-corrected chi connectivity index (χ0v) is 42.9. The van der Waals surface area contributed by atoms with E-state index in [1.807, 2.05) is 21.1 Å². The van der Waals surface area contributed by atoms with E-state index in [-0.39, 0.29) is 36.2 Å². The molecule has 0 aliphatic heterocycles. The van der Waals surface area contributed by atoms with Crippen molar-refractivity contribution in [1.29, 1.82) is 0 Å². The molecule has 0 aromatic carbocycles. The molecule has 2 unspecified atom stereocenters. The number of unbranched alkanes of at least 4 members (excludes halogenated alkanes) is 24. The molecule has 8 nitrogen and oxygen atoms in total. The molecule has 0 aliphatic rings. The average molecular weight is 913 g/mol. The molecular weight excluding hydrogens is 811 g/mol. The number of carboxylic acids is 1. The predicted octanol–water partition coefficient (Wildman–Crippen LogP) is 15.7. The Morgan fingerprint density at radius 2 is 0.862 bits per heavy atom. The SMILES string of the molecule is CC/C=C/C/C=C/C/C=C/C/C=C/C/C=C/CCCCCCCCC(=O)OCC(COCCC(C(=O)O)[N+](C)(C)C)OC(=O)CCCCCCCCCCCCCCCCCCCCC. The summed E-state index contributed by atoms with van der Waals surface area (Å²) in [5.74, 6) is -1.48. The van der Waals surface area contributed by atoms with E-state index in [2.05, 4.69) is 74.6 Å². The number of hydrogen-bond donors (Lipinski definition) is 1. The number of carbonyl (C=O) groups excluding carboxylic acids is 2. The van der Waals surface area contributed by atoms with E-state index in [1.165, 1.54) is 116 Å². The molecule has 0 amide bonds. The minimum absolute atomic E-state index is 0.0569. The number of quaternary nitrogens is 1. The maximum absolute atomic E-state index is 12.8. The van der Waals surface area contributed by atoms with Crippen LogP contribution in [0.1, 0.15) is 232 Å². The van der Waals surface area contributed by atoms with E-state index in [0.717, 1.165) is 83.5 Å². The normalized spacial score (nSPS) is 13.3. The number of ether oxygens (including phenoxy) is 3. The van der Waals surface area contributed by atoms with Gasteiger partial charge in [0.05, 0.1) is 34.4 Å². The zero-order valence-electron chi connectivity index (χ0n) is 42.9. The summed E-state index contributed by atoms with van der Waals surface area (Å²) >= 11 is 0. The second-order valence-corrected chi connectivity index (χ2v) is 19.1. The minimum atomic E-state index is -0.876. The summed E-state index contributed by atoms with van der Waals surface area (Å²) in [6.07, 6.45) is 59.8. The van der Waals surface area contributed by atoms with Gasteiger partial charge >= 0.3 is 17.9 Å². The molecule has 1 N–H and O–H groups in total. The number of aliphatic carboxylic acids is 1. The van der Waals surface area contributed by atoms with Crippen molar-refractivity contribution >= 4 is 17.9 Å². The second kappa shape index (κ2) is 47.5. The van der Waals surface area contributed by atoms with Crippen molar-refractivity contribution in [2.45, 2.75) is 244 Å². The van der Waals surface area contributed by atoms with Crippen LogP contribution in [0.4, 0.5) is 0 Å². The van der Waals surface area contributed by atoms with E-state index in [0.29, 0.717) is 19.3 Å². The van der Waals surface area contributed by atoms with Gasteiger partial charge in [0.25, 0.3) is 0 Å². The van der Waals surface area contributed by atoms with Crippen LogP contribution in [0, 0.1) is 0 Å². The molecule has 0 spiro atoms. The van der Waals surface area contributed by atoms with Crippen molar-refractivity contribution < 1.29 is 38.2 Å². The van der Waals surface area contributed by atoms with Crippen LogP contribution >= 0.6 is 0 Å². The summed E-state index contributed by atoms with van der Waals surface area (Å²) in [7, 11) is 5.54. The van der Waals surface area contributed by atoms with Gasteiger partial charge in [-0.1, -0.05) is 216 Å². The Morgan fingerprint density at radius 1 is 0.477 bits per heavy atom. The third-order valence-electron chi connectivity index (χ3n) is 11.9. The topological polar surface area (TPSA) is 99.1 Å². The first-order chi connectivity index (χ1) is 31.6. The quantitative estimate of drug-likeness (QED) is 0.0281. The highest BCUT2D eigenvalue weighted by atomic mass is 16.6. The van der Waals surface area contributed by atoms with Crippen LogP contribution in [0.2, 0.25) is 0 Å². The highest BCUT2D eigenvalue weighted by Gasteiger charge is 2.31. The molecule has 0 saturated carbocycles. The molecule has 0 heterocycles. The average Bonchev–Trinajstić information content (AvgIpc) is 3.27. The van der Waals surface area contributed by atoms with Gasteiger partial charge in [0.15, 0.2) is 12.1 Å². The van der Waals surface area contributed by atoms with Gasteiger partial charge in [-0.3, -0.25) is 9.59 Å². The molecule has 0 aliphatic carbocycles. The minimum Gasteiger partial charge on any atom is -0.477 e. The van der Waals surface area contributed by atoms with E-state index in [4.69, 9.17) is 14.2 Å². The van der Waals surface area contributed by atoms with Crippen LogP contribution in [0.25, 0.3) is 0 Å². The Labute approximate surface area is 400 Å². The molecule has 0 saturated heterocycles. The molecule has 0 aromatic heterocycles. The lowest BCUT2D eigenvalue weighted by atomic mass is 10.0. The lowest BCUT2D eigenvalue weighted by Crippen LogP contribution is -2.50. The molecule has 8 heteroatoms. The third kappa shape index (κ3) is 46.0. The van der Waals surface area contributed by atoms with Gasteiger partial charge in [0.1, 0.15) is 6.61 Å². The van der Waals surface area contributed by atoms with Crippen LogP contribution in [-0.2, 0) is 28.6 Å². The highest BCUT2D eigenvalue weighted by Crippen LogP contribution is 2.16. The van der Waals surface area contributed by atoms with Crippen molar-refractivity contribution in [3.63, 3.8) is 0 Å². The molecule has 0 aromatic rings. The third-order valence-corrected chi connectivity index (χ3v) is 11.9. The van der Waals surface area contributed by atoms with Crippen molar-refractivity contribution in [1.82, 2.24) is 0 Å². The first kappa shape index (κ1) is 62.0. The summed E-state index contributed by atoms with van der Waals surface area (Å²) in [6, 6.07) is -0.618. The monoisotopic (exact) mass is 913 g/mol. The fourth-order valence-electron chi connectivity index (χ4n) is 7.83. The molecule has 376 valence electrons. The summed E-state index contributed by atoms with van der Waals surface area (Å²) in [4.78, 5) is 37.2. The number of esters is 2. The van der Waals surface area contributed by atoms with Gasteiger partial charge in [-0.2, -0.15) is 0 Å². The number of allylic oxidation sites excluding steroid dienone is 10. The maximum Gasteiger partial charge on any atom is 0.362 e. The lowest BCUT2D eigenvalue weighted by Gasteiger charge is -2.31. The van der Waals surface area contributed by atoms with Gasteiger partial charge in [-0.05, 0) is 57.8 Å². The number of carboxylic acid groups (broad SMARTS) is 1. The Bertz CT molecular complexity index is 1250. The van der Waals surface area contributed by atoms with E-state index >= 15 is 0 Å². The fourth-order valence-corrected chi connectivity index (χ4v) is 7.83. The summed E-state index contributed by atoms with van der Waals surface area (Å²) in [6.45, 7) is 4.64. The summed E-state index contributed by atoms with van der Waals surface area (Å²) in [5.41, 5.74) is 0. The Morgan fingerprint density at radius 3 is 1.28 bits per heavy atom. The molecular formula is C57H102NO7+. The Balaban J connectivity index is 4.24. The van der Waals surface area contributed by atoms with Gasteiger partial charge in [-0.25, -0.2) is 4.79 Å². The van der Waals surface area contributed by atoms with Crippen molar-refractivity contribution in [2.24, 2.45) is 0 Å². The van der Waals surface area contributed by atoms with Crippen LogP contribution in [0.3, 0.4) is 0 Å². The second-order valence-electron chi connectivity index (χ2n) is 19.1. The molecule has 0 fully saturated rings. The van der Waals surface area contributed by atoms with Gasteiger partial charge in [-0.15, -0.1) is 0 Å². The summed E-state index contributed by atoms with van der Waals surface area (Å²) < 4.78 is 17.4. The van der Waals surface area contributed by atoms with Gasteiger partial charge < -0.3 is 23.8 Å². The number of carbonyl (C=O) groups is 3.